The van der Waals surface area contributed by atoms with Gasteiger partial charge in [-0.2, -0.15) is 10.5 Å². The first kappa shape index (κ1) is 17.8. The van der Waals surface area contributed by atoms with Gasteiger partial charge < -0.3 is 9.47 Å². The molecule has 1 aliphatic rings. The van der Waals surface area contributed by atoms with Crippen molar-refractivity contribution >= 4 is 12.1 Å². The van der Waals surface area contributed by atoms with Crippen LogP contribution in [0.1, 0.15) is 40.0 Å². The molecule has 0 N–H and O–H groups in total. The maximum atomic E-state index is 12.4. The minimum atomic E-state index is -0.891. The van der Waals surface area contributed by atoms with E-state index in [1.807, 2.05) is 12.1 Å². The molecule has 1 fully saturated rings. The maximum Gasteiger partial charge on any atom is 0.411 e. The Hall–Kier alpha value is -2.28. The highest BCUT2D eigenvalue weighted by Crippen LogP contribution is 2.35. The zero-order valence-electron chi connectivity index (χ0n) is 13.3. The van der Waals surface area contributed by atoms with Crippen LogP contribution in [-0.4, -0.2) is 41.8 Å². The number of hydrogen-bond acceptors (Lipinski definition) is 6. The minimum absolute atomic E-state index is 0.0780. The lowest BCUT2D eigenvalue weighted by Gasteiger charge is -2.31. The first-order chi connectivity index (χ1) is 10.2. The Balaban J connectivity index is 3.12. The maximum absolute atomic E-state index is 12.4. The number of rotatable bonds is 3. The van der Waals surface area contributed by atoms with Crippen LogP contribution in [0.15, 0.2) is 0 Å². The quantitative estimate of drug-likeness (QED) is 0.738. The van der Waals surface area contributed by atoms with E-state index in [2.05, 4.69) is 0 Å². The van der Waals surface area contributed by atoms with Crippen molar-refractivity contribution in [3.05, 3.63) is 0 Å². The number of nitrogens with zero attached hydrogens (tertiary/aromatic N) is 3. The van der Waals surface area contributed by atoms with Gasteiger partial charge in [0.1, 0.15) is 11.6 Å². The summed E-state index contributed by atoms with van der Waals surface area (Å²) in [5.74, 6) is -0.949. The molecule has 22 heavy (non-hydrogen) atoms. The molecule has 1 rings (SSSR count). The van der Waals surface area contributed by atoms with Gasteiger partial charge >= 0.3 is 12.1 Å². The van der Waals surface area contributed by atoms with Crippen LogP contribution in [-0.2, 0) is 14.3 Å². The Morgan fingerprint density at radius 2 is 1.82 bits per heavy atom. The Bertz CT molecular complexity index is 512. The SMILES string of the molecule is COC(=O)[C@H]1[C@H](CC#N)C[C@H](CC#N)N1C(=O)OC(C)(C)C. The predicted molar refractivity (Wildman–Crippen MR) is 76.2 cm³/mol. The molecule has 7 nitrogen and oxygen atoms in total. The van der Waals surface area contributed by atoms with Crippen molar-refractivity contribution in [2.24, 2.45) is 5.92 Å². The topological polar surface area (TPSA) is 103 Å². The van der Waals surface area contributed by atoms with Crippen molar-refractivity contribution in [1.82, 2.24) is 4.90 Å². The third kappa shape index (κ3) is 4.11. The fourth-order valence-electron chi connectivity index (χ4n) is 2.65. The molecule has 0 aromatic heterocycles. The zero-order chi connectivity index (χ0) is 16.9. The molecule has 0 radical (unpaired) electrons. The van der Waals surface area contributed by atoms with E-state index in [0.717, 1.165) is 0 Å². The van der Waals surface area contributed by atoms with E-state index in [4.69, 9.17) is 20.0 Å². The third-order valence-electron chi connectivity index (χ3n) is 3.44. The molecule has 7 heteroatoms. The van der Waals surface area contributed by atoms with Crippen molar-refractivity contribution in [3.8, 4) is 12.1 Å². The number of carbonyl (C=O) groups is 2. The minimum Gasteiger partial charge on any atom is -0.467 e. The van der Waals surface area contributed by atoms with Gasteiger partial charge in [-0.25, -0.2) is 9.59 Å². The molecule has 120 valence electrons. The molecule has 0 aliphatic carbocycles. The number of methoxy groups -OCH3 is 1. The Morgan fingerprint density at radius 1 is 1.23 bits per heavy atom. The van der Waals surface area contributed by atoms with Gasteiger partial charge in [0.15, 0.2) is 0 Å². The standard InChI is InChI=1S/C15H21N3O4/c1-15(2,3)22-14(20)18-11(6-8-17)9-10(5-7-16)12(18)13(19)21-4/h10-12H,5-6,9H2,1-4H3/t10-,11+,12-/m1/s1. The Kier molecular flexibility index (Phi) is 5.76. The highest BCUT2D eigenvalue weighted by atomic mass is 16.6. The van der Waals surface area contributed by atoms with Crippen LogP contribution in [0.3, 0.4) is 0 Å². The summed E-state index contributed by atoms with van der Waals surface area (Å²) in [6.07, 6.45) is -0.0703. The Labute approximate surface area is 130 Å². The van der Waals surface area contributed by atoms with Gasteiger partial charge in [0.2, 0.25) is 0 Å². The molecule has 0 unspecified atom stereocenters. The molecule has 0 aromatic rings. The van der Waals surface area contributed by atoms with Gasteiger partial charge in [0.05, 0.1) is 25.7 Å². The van der Waals surface area contributed by atoms with Gasteiger partial charge in [-0.3, -0.25) is 4.90 Å². The van der Waals surface area contributed by atoms with Gasteiger partial charge in [0.25, 0.3) is 0 Å². The second-order valence-corrected chi connectivity index (χ2v) is 6.23. The van der Waals surface area contributed by atoms with Crippen LogP contribution in [0.4, 0.5) is 4.79 Å². The first-order valence-electron chi connectivity index (χ1n) is 7.08. The van der Waals surface area contributed by atoms with Crippen LogP contribution in [0.2, 0.25) is 0 Å². The number of hydrogen-bond donors (Lipinski definition) is 0. The Morgan fingerprint density at radius 3 is 2.27 bits per heavy atom. The van der Waals surface area contributed by atoms with Gasteiger partial charge in [-0.05, 0) is 27.2 Å². The average Bonchev–Trinajstić information content (AvgIpc) is 2.75. The van der Waals surface area contributed by atoms with E-state index in [1.165, 1.54) is 12.0 Å². The molecule has 0 bridgehead atoms. The summed E-state index contributed by atoms with van der Waals surface area (Å²) in [5, 5.41) is 17.9. The summed E-state index contributed by atoms with van der Waals surface area (Å²) in [5.41, 5.74) is -0.720. The van der Waals surface area contributed by atoms with E-state index in [1.54, 1.807) is 20.8 Å². The fourth-order valence-corrected chi connectivity index (χ4v) is 2.65. The number of esters is 1. The third-order valence-corrected chi connectivity index (χ3v) is 3.44. The van der Waals surface area contributed by atoms with Crippen LogP contribution in [0.25, 0.3) is 0 Å². The number of likely N-dealkylation sites (tertiary alicyclic amines) is 1. The number of amides is 1. The number of ether oxygens (including phenoxy) is 2. The lowest BCUT2D eigenvalue weighted by atomic mass is 9.95. The molecule has 0 saturated carbocycles. The average molecular weight is 307 g/mol. The zero-order valence-corrected chi connectivity index (χ0v) is 13.3. The summed E-state index contributed by atoms with van der Waals surface area (Å²) in [7, 11) is 1.23. The molecule has 0 spiro atoms. The highest BCUT2D eigenvalue weighted by molar-refractivity contribution is 5.83. The molecular weight excluding hydrogens is 286 g/mol. The van der Waals surface area contributed by atoms with Gasteiger partial charge in [0, 0.05) is 18.4 Å². The van der Waals surface area contributed by atoms with Crippen molar-refractivity contribution in [3.63, 3.8) is 0 Å². The fraction of sp³-hybridized carbons (Fsp3) is 0.733. The lowest BCUT2D eigenvalue weighted by Crippen LogP contribution is -2.49. The van der Waals surface area contributed by atoms with Gasteiger partial charge in [-0.15, -0.1) is 0 Å². The van der Waals surface area contributed by atoms with Crippen molar-refractivity contribution < 1.29 is 19.1 Å². The van der Waals surface area contributed by atoms with Crippen LogP contribution < -0.4 is 0 Å². The largest absolute Gasteiger partial charge is 0.467 e. The molecule has 1 aliphatic heterocycles. The smallest absolute Gasteiger partial charge is 0.411 e. The van der Waals surface area contributed by atoms with E-state index in [0.29, 0.717) is 6.42 Å². The van der Waals surface area contributed by atoms with Crippen molar-refractivity contribution in [1.29, 1.82) is 10.5 Å². The monoisotopic (exact) mass is 307 g/mol. The molecule has 3 atom stereocenters. The van der Waals surface area contributed by atoms with Crippen LogP contribution in [0, 0.1) is 28.6 Å². The summed E-state index contributed by atoms with van der Waals surface area (Å²) < 4.78 is 10.1. The van der Waals surface area contributed by atoms with Crippen molar-refractivity contribution in [2.75, 3.05) is 7.11 Å². The van der Waals surface area contributed by atoms with Crippen molar-refractivity contribution in [2.45, 2.75) is 57.7 Å². The van der Waals surface area contributed by atoms with Crippen LogP contribution in [0.5, 0.6) is 0 Å². The number of nitriles is 2. The highest BCUT2D eigenvalue weighted by Gasteiger charge is 2.49. The predicted octanol–water partition coefficient (Wildman–Crippen LogP) is 1.98. The van der Waals surface area contributed by atoms with E-state index in [-0.39, 0.29) is 18.8 Å². The molecule has 1 saturated heterocycles. The van der Waals surface area contributed by atoms with Gasteiger partial charge in [-0.1, -0.05) is 0 Å². The molecular formula is C15H21N3O4. The number of carbonyl (C=O) groups excluding carboxylic acids is 2. The van der Waals surface area contributed by atoms with Crippen LogP contribution >= 0.6 is 0 Å². The van der Waals surface area contributed by atoms with E-state index >= 15 is 0 Å². The van der Waals surface area contributed by atoms with E-state index < -0.39 is 29.7 Å². The normalized spacial score (nSPS) is 24.3. The summed E-state index contributed by atoms with van der Waals surface area (Å²) in [4.78, 5) is 25.8. The molecule has 1 heterocycles. The molecule has 1 amide bonds. The summed E-state index contributed by atoms with van der Waals surface area (Å²) >= 11 is 0. The van der Waals surface area contributed by atoms with E-state index in [9.17, 15) is 9.59 Å². The second-order valence-electron chi connectivity index (χ2n) is 6.23. The summed E-state index contributed by atoms with van der Waals surface area (Å²) in [6, 6.07) is 2.69. The molecule has 0 aromatic carbocycles. The first-order valence-corrected chi connectivity index (χ1v) is 7.08. The lowest BCUT2D eigenvalue weighted by molar-refractivity contribution is -0.147. The second kappa shape index (κ2) is 7.13. The summed E-state index contributed by atoms with van der Waals surface area (Å²) in [6.45, 7) is 5.17.